The zero-order chi connectivity index (χ0) is 32.5. The molecule has 0 radical (unpaired) electrons. The van der Waals surface area contributed by atoms with E-state index in [0.29, 0.717) is 38.9 Å². The predicted octanol–water partition coefficient (Wildman–Crippen LogP) is 7.31. The quantitative estimate of drug-likeness (QED) is 0.177. The Bertz CT molecular complexity index is 1890. The number of nitrogens with zero attached hydrogens (tertiary/aromatic N) is 2. The van der Waals surface area contributed by atoms with Gasteiger partial charge in [0.25, 0.3) is 11.8 Å². The number of carbonyl (C=O) groups is 2. The van der Waals surface area contributed by atoms with Gasteiger partial charge in [-0.25, -0.2) is 4.98 Å². The maximum atomic E-state index is 13.4. The summed E-state index contributed by atoms with van der Waals surface area (Å²) in [7, 11) is 1.46. The number of aromatic hydroxyl groups is 1. The third kappa shape index (κ3) is 6.98. The largest absolute Gasteiger partial charge is 0.506 e. The van der Waals surface area contributed by atoms with Crippen molar-refractivity contribution in [2.75, 3.05) is 7.05 Å². The summed E-state index contributed by atoms with van der Waals surface area (Å²) in [4.78, 5) is 34.9. The monoisotopic (exact) mass is 616 g/mol. The van der Waals surface area contributed by atoms with Gasteiger partial charge in [-0.3, -0.25) is 14.6 Å². The van der Waals surface area contributed by atoms with E-state index < -0.39 is 30.5 Å². The zero-order valence-electron chi connectivity index (χ0n) is 25.0. The van der Waals surface area contributed by atoms with E-state index in [-0.39, 0.29) is 34.4 Å². The first-order chi connectivity index (χ1) is 21.2. The van der Waals surface area contributed by atoms with E-state index in [4.69, 9.17) is 4.42 Å². The molecule has 3 N–H and O–H groups in total. The Labute approximate surface area is 257 Å². The number of fused-ring (bicyclic) bond motifs is 1. The number of halogens is 3. The molecule has 0 unspecified atom stereocenters. The first-order valence-electron chi connectivity index (χ1n) is 14.2. The molecular formula is C34H31F3N4O4. The highest BCUT2D eigenvalue weighted by Gasteiger charge is 2.29. The highest BCUT2D eigenvalue weighted by molar-refractivity contribution is 6.11. The van der Waals surface area contributed by atoms with E-state index in [1.807, 2.05) is 20.8 Å². The molecule has 0 spiro atoms. The van der Waals surface area contributed by atoms with Crippen LogP contribution in [0.15, 0.2) is 77.3 Å². The van der Waals surface area contributed by atoms with Crippen LogP contribution in [0.25, 0.3) is 44.8 Å². The molecule has 45 heavy (non-hydrogen) atoms. The molecule has 0 aliphatic rings. The zero-order valence-corrected chi connectivity index (χ0v) is 25.0. The van der Waals surface area contributed by atoms with Crippen molar-refractivity contribution in [1.82, 2.24) is 20.6 Å². The first kappa shape index (κ1) is 31.2. The number of amides is 2. The van der Waals surface area contributed by atoms with Crippen molar-refractivity contribution in [2.45, 2.75) is 45.3 Å². The second kappa shape index (κ2) is 12.1. The number of rotatable bonds is 7. The number of nitrogens with one attached hydrogen (secondary N) is 2. The van der Waals surface area contributed by atoms with Gasteiger partial charge in [0, 0.05) is 47.5 Å². The van der Waals surface area contributed by atoms with Crippen molar-refractivity contribution in [1.29, 1.82) is 0 Å². The van der Waals surface area contributed by atoms with E-state index in [2.05, 4.69) is 20.6 Å². The summed E-state index contributed by atoms with van der Waals surface area (Å²) in [6, 6.07) is 18.1. The van der Waals surface area contributed by atoms with Crippen LogP contribution >= 0.6 is 0 Å². The molecule has 2 amide bonds. The second-order valence-corrected chi connectivity index (χ2v) is 11.6. The van der Waals surface area contributed by atoms with Gasteiger partial charge in [0.15, 0.2) is 0 Å². The molecule has 0 fully saturated rings. The summed E-state index contributed by atoms with van der Waals surface area (Å²) < 4.78 is 46.2. The highest BCUT2D eigenvalue weighted by Crippen LogP contribution is 2.38. The third-order valence-electron chi connectivity index (χ3n) is 6.99. The average Bonchev–Trinajstić information content (AvgIpc) is 3.37. The molecule has 8 nitrogen and oxygen atoms in total. The van der Waals surface area contributed by atoms with Gasteiger partial charge in [-0.2, -0.15) is 13.2 Å². The Morgan fingerprint density at radius 2 is 1.62 bits per heavy atom. The lowest BCUT2D eigenvalue weighted by Crippen LogP contribution is -2.40. The van der Waals surface area contributed by atoms with E-state index in [1.54, 1.807) is 66.9 Å². The Morgan fingerprint density at radius 3 is 2.27 bits per heavy atom. The minimum Gasteiger partial charge on any atom is -0.506 e. The summed E-state index contributed by atoms with van der Waals surface area (Å²) >= 11 is 0. The van der Waals surface area contributed by atoms with E-state index in [0.717, 1.165) is 0 Å². The molecule has 0 saturated heterocycles. The number of alkyl halides is 3. The second-order valence-electron chi connectivity index (χ2n) is 11.6. The smallest absolute Gasteiger partial charge is 0.389 e. The van der Waals surface area contributed by atoms with Crippen molar-refractivity contribution in [3.05, 3.63) is 89.7 Å². The van der Waals surface area contributed by atoms with Crippen molar-refractivity contribution < 1.29 is 32.3 Å². The van der Waals surface area contributed by atoms with Crippen LogP contribution in [0, 0.1) is 0 Å². The first-order valence-corrected chi connectivity index (χ1v) is 14.2. The molecule has 0 aliphatic carbocycles. The molecule has 0 saturated carbocycles. The van der Waals surface area contributed by atoms with E-state index in [9.17, 15) is 27.9 Å². The highest BCUT2D eigenvalue weighted by atomic mass is 19.4. The maximum Gasteiger partial charge on any atom is 0.389 e. The van der Waals surface area contributed by atoms with Gasteiger partial charge in [-0.1, -0.05) is 36.4 Å². The third-order valence-corrected chi connectivity index (χ3v) is 6.99. The maximum absolute atomic E-state index is 13.4. The lowest BCUT2D eigenvalue weighted by Gasteiger charge is -2.20. The molecule has 0 bridgehead atoms. The molecule has 3 aromatic heterocycles. The molecule has 5 rings (SSSR count). The minimum absolute atomic E-state index is 0.00222. The molecule has 3 heterocycles. The molecule has 11 heteroatoms. The van der Waals surface area contributed by atoms with Crippen molar-refractivity contribution >= 4 is 22.9 Å². The molecule has 232 valence electrons. The number of hydrogen-bond donors (Lipinski definition) is 3. The number of aryl methyl sites for hydroxylation is 1. The van der Waals surface area contributed by atoms with Crippen LogP contribution < -0.4 is 10.6 Å². The molecule has 5 aromatic rings. The van der Waals surface area contributed by atoms with Gasteiger partial charge in [0.1, 0.15) is 17.2 Å². The SMILES string of the molecule is CNC(=O)c1c(-c2ccc(-c3ncccc3O)cc2)oc2nc(CCC(F)(F)F)c(-c3cccc(C(=O)NC(C)(C)C)c3)cc12. The van der Waals surface area contributed by atoms with Gasteiger partial charge in [0.05, 0.1) is 16.6 Å². The molecule has 0 atom stereocenters. The fraction of sp³-hybridized carbons (Fsp3) is 0.235. The summed E-state index contributed by atoms with van der Waals surface area (Å²) in [6.07, 6.45) is -4.45. The van der Waals surface area contributed by atoms with Crippen LogP contribution in [0.3, 0.4) is 0 Å². The topological polar surface area (TPSA) is 117 Å². The summed E-state index contributed by atoms with van der Waals surface area (Å²) in [6.45, 7) is 5.53. The number of benzene rings is 2. The minimum atomic E-state index is -4.44. The number of carbonyl (C=O) groups excluding carboxylic acids is 2. The Hall–Kier alpha value is -5.19. The fourth-order valence-electron chi connectivity index (χ4n) is 4.95. The lowest BCUT2D eigenvalue weighted by atomic mass is 9.96. The summed E-state index contributed by atoms with van der Waals surface area (Å²) in [5.74, 6) is -0.646. The Balaban J connectivity index is 1.66. The Kier molecular flexibility index (Phi) is 8.38. The van der Waals surface area contributed by atoms with Crippen molar-refractivity contribution in [3.63, 3.8) is 0 Å². The van der Waals surface area contributed by atoms with Crippen LogP contribution in [-0.4, -0.2) is 45.7 Å². The van der Waals surface area contributed by atoms with Crippen molar-refractivity contribution in [3.8, 4) is 39.5 Å². The van der Waals surface area contributed by atoms with Gasteiger partial charge in [-0.15, -0.1) is 0 Å². The van der Waals surface area contributed by atoms with Crippen LogP contribution in [0.2, 0.25) is 0 Å². The summed E-state index contributed by atoms with van der Waals surface area (Å²) in [5.41, 5.74) is 2.39. The van der Waals surface area contributed by atoms with Gasteiger partial charge >= 0.3 is 6.18 Å². The number of aromatic nitrogens is 2. The van der Waals surface area contributed by atoms with Gasteiger partial charge < -0.3 is 20.2 Å². The normalized spacial score (nSPS) is 11.9. The number of furan rings is 1. The standard InChI is InChI=1S/C34H31F3N4O4/c1-33(2,3)41-30(43)22-8-5-7-21(17-22)23-18-24-27(31(44)38-4)29(45-32(24)40-25(23)14-15-34(35,36)37)20-12-10-19(11-13-20)28-26(42)9-6-16-39-28/h5-13,16-18,42H,14-15H2,1-4H3,(H,38,44)(H,41,43). The van der Waals surface area contributed by atoms with E-state index in [1.165, 1.54) is 13.1 Å². The molecule has 2 aromatic carbocycles. The Morgan fingerprint density at radius 1 is 0.911 bits per heavy atom. The molecule has 0 aliphatic heterocycles. The summed E-state index contributed by atoms with van der Waals surface area (Å²) in [5, 5.41) is 16.0. The number of hydrogen-bond acceptors (Lipinski definition) is 6. The van der Waals surface area contributed by atoms with Crippen LogP contribution in [0.5, 0.6) is 5.75 Å². The van der Waals surface area contributed by atoms with Crippen LogP contribution in [0.4, 0.5) is 13.2 Å². The van der Waals surface area contributed by atoms with Crippen LogP contribution in [-0.2, 0) is 6.42 Å². The predicted molar refractivity (Wildman–Crippen MR) is 165 cm³/mol. The van der Waals surface area contributed by atoms with Gasteiger partial charge in [-0.05, 0) is 63.1 Å². The van der Waals surface area contributed by atoms with Crippen molar-refractivity contribution in [2.24, 2.45) is 0 Å². The lowest BCUT2D eigenvalue weighted by molar-refractivity contribution is -0.134. The number of pyridine rings is 2. The average molecular weight is 617 g/mol. The molecular weight excluding hydrogens is 585 g/mol. The fourth-order valence-corrected chi connectivity index (χ4v) is 4.95. The van der Waals surface area contributed by atoms with E-state index >= 15 is 0 Å². The van der Waals surface area contributed by atoms with Crippen LogP contribution in [0.1, 0.15) is 53.6 Å². The van der Waals surface area contributed by atoms with Gasteiger partial charge in [0.2, 0.25) is 5.71 Å².